The zero-order valence-electron chi connectivity index (χ0n) is 9.65. The van der Waals surface area contributed by atoms with Crippen LogP contribution in [0.1, 0.15) is 12.5 Å². The minimum Gasteiger partial charge on any atom is -0.447 e. The fraction of sp³-hybridized carbons (Fsp3) is 0.417. The van der Waals surface area contributed by atoms with E-state index in [1.807, 2.05) is 6.92 Å². The number of hydrogen-bond acceptors (Lipinski definition) is 3. The lowest BCUT2D eigenvalue weighted by Crippen LogP contribution is -2.49. The maximum Gasteiger partial charge on any atom is 0.410 e. The summed E-state index contributed by atoms with van der Waals surface area (Å²) in [5.41, 5.74) is 6.04. The maximum atomic E-state index is 12.8. The van der Waals surface area contributed by atoms with Gasteiger partial charge in [-0.05, 0) is 24.6 Å². The van der Waals surface area contributed by atoms with E-state index in [9.17, 15) is 9.18 Å². The van der Waals surface area contributed by atoms with Crippen LogP contribution in [0, 0.1) is 5.82 Å². The summed E-state index contributed by atoms with van der Waals surface area (Å²) in [7, 11) is 0. The largest absolute Gasteiger partial charge is 0.447 e. The summed E-state index contributed by atoms with van der Waals surface area (Å²) in [5.74, 6) is -0.292. The Morgan fingerprint density at radius 1 is 1.47 bits per heavy atom. The summed E-state index contributed by atoms with van der Waals surface area (Å²) in [4.78, 5) is 13.2. The molecule has 0 radical (unpaired) electrons. The number of halogens is 1. The van der Waals surface area contributed by atoms with Crippen molar-refractivity contribution in [1.82, 2.24) is 4.90 Å². The van der Waals surface area contributed by atoms with Crippen molar-refractivity contribution in [2.75, 3.05) is 13.2 Å². The molecule has 0 saturated carbocycles. The summed E-state index contributed by atoms with van der Waals surface area (Å²) < 4.78 is 17.8. The molecule has 0 spiro atoms. The number of hydrogen-bond donors (Lipinski definition) is 1. The van der Waals surface area contributed by atoms with Gasteiger partial charge >= 0.3 is 6.09 Å². The summed E-state index contributed by atoms with van der Waals surface area (Å²) in [6.07, 6.45) is -0.373. The Morgan fingerprint density at radius 2 is 2.12 bits per heavy atom. The molecule has 0 aliphatic carbocycles. The molecule has 1 amide bonds. The van der Waals surface area contributed by atoms with Crippen molar-refractivity contribution in [2.45, 2.75) is 19.0 Å². The molecule has 92 valence electrons. The van der Waals surface area contributed by atoms with Crippen LogP contribution >= 0.6 is 0 Å². The molecular formula is C12H15FN2O2. The molecule has 1 aliphatic heterocycles. The lowest BCUT2D eigenvalue weighted by Gasteiger charge is -2.30. The second-order valence-corrected chi connectivity index (χ2v) is 4.47. The van der Waals surface area contributed by atoms with Crippen molar-refractivity contribution in [1.29, 1.82) is 0 Å². The summed E-state index contributed by atoms with van der Waals surface area (Å²) >= 11 is 0. The van der Waals surface area contributed by atoms with Crippen molar-refractivity contribution in [2.24, 2.45) is 5.73 Å². The third-order valence-corrected chi connectivity index (χ3v) is 3.07. The van der Waals surface area contributed by atoms with E-state index in [0.717, 1.165) is 5.56 Å². The molecule has 17 heavy (non-hydrogen) atoms. The van der Waals surface area contributed by atoms with Crippen molar-refractivity contribution >= 4 is 6.09 Å². The first-order valence-electron chi connectivity index (χ1n) is 5.44. The van der Waals surface area contributed by atoms with E-state index < -0.39 is 5.54 Å². The lowest BCUT2D eigenvalue weighted by molar-refractivity contribution is 0.151. The van der Waals surface area contributed by atoms with Gasteiger partial charge in [0.05, 0.1) is 5.54 Å². The van der Waals surface area contributed by atoms with E-state index in [0.29, 0.717) is 19.7 Å². The molecule has 0 bridgehead atoms. The first-order chi connectivity index (χ1) is 8.05. The third-order valence-electron chi connectivity index (χ3n) is 3.07. The van der Waals surface area contributed by atoms with E-state index in [2.05, 4.69) is 0 Å². The number of carbonyl (C=O) groups is 1. The molecule has 0 aromatic heterocycles. The Morgan fingerprint density at radius 3 is 2.71 bits per heavy atom. The van der Waals surface area contributed by atoms with Crippen LogP contribution in [-0.2, 0) is 11.3 Å². The van der Waals surface area contributed by atoms with Gasteiger partial charge in [-0.2, -0.15) is 0 Å². The fourth-order valence-corrected chi connectivity index (χ4v) is 1.79. The Labute approximate surface area is 99.2 Å². The predicted molar refractivity (Wildman–Crippen MR) is 60.8 cm³/mol. The number of carbonyl (C=O) groups excluding carboxylic acids is 1. The summed E-state index contributed by atoms with van der Waals surface area (Å²) in [5, 5.41) is 0. The number of amides is 1. The molecule has 1 aromatic rings. The van der Waals surface area contributed by atoms with Crippen LogP contribution in [0.15, 0.2) is 24.3 Å². The highest BCUT2D eigenvalue weighted by atomic mass is 19.1. The highest BCUT2D eigenvalue weighted by molar-refractivity contribution is 5.71. The minimum absolute atomic E-state index is 0.292. The van der Waals surface area contributed by atoms with Gasteiger partial charge in [-0.15, -0.1) is 0 Å². The monoisotopic (exact) mass is 238 g/mol. The number of rotatable bonds is 3. The highest BCUT2D eigenvalue weighted by Crippen LogP contribution is 2.25. The Bertz CT molecular complexity index is 421. The third kappa shape index (κ3) is 2.24. The number of nitrogens with two attached hydrogens (primary N) is 1. The molecule has 1 atom stereocenters. The number of ether oxygens (including phenoxy) is 1. The van der Waals surface area contributed by atoms with E-state index >= 15 is 0 Å². The van der Waals surface area contributed by atoms with Gasteiger partial charge in [0.15, 0.2) is 0 Å². The van der Waals surface area contributed by atoms with Crippen LogP contribution in [-0.4, -0.2) is 29.7 Å². The Balaban J connectivity index is 2.16. The van der Waals surface area contributed by atoms with Gasteiger partial charge < -0.3 is 10.5 Å². The minimum atomic E-state index is -0.481. The second kappa shape index (κ2) is 4.33. The van der Waals surface area contributed by atoms with Crippen LogP contribution < -0.4 is 5.73 Å². The number of nitrogens with zero attached hydrogens (tertiary/aromatic N) is 1. The average Bonchev–Trinajstić information content (AvgIpc) is 2.61. The number of cyclic esters (lactones) is 1. The van der Waals surface area contributed by atoms with Crippen LogP contribution in [0.25, 0.3) is 0 Å². The molecule has 4 nitrogen and oxygen atoms in total. The van der Waals surface area contributed by atoms with Crippen molar-refractivity contribution < 1.29 is 13.9 Å². The molecular weight excluding hydrogens is 223 g/mol. The topological polar surface area (TPSA) is 55.6 Å². The van der Waals surface area contributed by atoms with Crippen LogP contribution in [0.4, 0.5) is 9.18 Å². The Hall–Kier alpha value is -1.62. The van der Waals surface area contributed by atoms with Gasteiger partial charge in [0.25, 0.3) is 0 Å². The van der Waals surface area contributed by atoms with Crippen LogP contribution in [0.5, 0.6) is 0 Å². The molecule has 1 aliphatic rings. The normalized spacial score (nSPS) is 23.9. The van der Waals surface area contributed by atoms with E-state index in [1.165, 1.54) is 12.1 Å². The molecule has 1 fully saturated rings. The Kier molecular flexibility index (Phi) is 3.02. The first-order valence-corrected chi connectivity index (χ1v) is 5.44. The summed E-state index contributed by atoms with van der Waals surface area (Å²) in [6, 6.07) is 6.04. The zero-order valence-corrected chi connectivity index (χ0v) is 9.65. The quantitative estimate of drug-likeness (QED) is 0.868. The molecule has 1 aromatic carbocycles. The molecule has 1 unspecified atom stereocenters. The van der Waals surface area contributed by atoms with E-state index in [-0.39, 0.29) is 11.9 Å². The number of benzene rings is 1. The van der Waals surface area contributed by atoms with Gasteiger partial charge in [0, 0.05) is 13.1 Å². The first kappa shape index (κ1) is 11.9. The smallest absolute Gasteiger partial charge is 0.410 e. The zero-order chi connectivity index (χ0) is 12.5. The van der Waals surface area contributed by atoms with Crippen molar-refractivity contribution in [3.8, 4) is 0 Å². The lowest BCUT2D eigenvalue weighted by atomic mass is 10.0. The van der Waals surface area contributed by atoms with Crippen LogP contribution in [0.3, 0.4) is 0 Å². The van der Waals surface area contributed by atoms with Gasteiger partial charge in [0.1, 0.15) is 12.4 Å². The van der Waals surface area contributed by atoms with Crippen molar-refractivity contribution in [3.63, 3.8) is 0 Å². The van der Waals surface area contributed by atoms with Crippen LogP contribution in [0.2, 0.25) is 0 Å². The van der Waals surface area contributed by atoms with Gasteiger partial charge in [-0.25, -0.2) is 9.18 Å². The highest BCUT2D eigenvalue weighted by Gasteiger charge is 2.42. The van der Waals surface area contributed by atoms with E-state index in [1.54, 1.807) is 17.0 Å². The fourth-order valence-electron chi connectivity index (χ4n) is 1.79. The van der Waals surface area contributed by atoms with Crippen molar-refractivity contribution in [3.05, 3.63) is 35.6 Å². The van der Waals surface area contributed by atoms with E-state index in [4.69, 9.17) is 10.5 Å². The molecule has 2 N–H and O–H groups in total. The molecule has 5 heteroatoms. The maximum absolute atomic E-state index is 12.8. The SMILES string of the molecule is CC1(CN)COC(=O)N1Cc1ccc(F)cc1. The summed E-state index contributed by atoms with van der Waals surface area (Å²) in [6.45, 7) is 2.89. The van der Waals surface area contributed by atoms with Gasteiger partial charge in [0.2, 0.25) is 0 Å². The molecule has 2 rings (SSSR count). The molecule has 1 heterocycles. The standard InChI is InChI=1S/C12H15FN2O2/c1-12(7-14)8-17-11(16)15(12)6-9-2-4-10(13)5-3-9/h2-5H,6-8,14H2,1H3. The average molecular weight is 238 g/mol. The van der Waals surface area contributed by atoms with Gasteiger partial charge in [-0.3, -0.25) is 4.90 Å². The predicted octanol–water partition coefficient (Wildman–Crippen LogP) is 1.50. The molecule has 1 saturated heterocycles. The second-order valence-electron chi connectivity index (χ2n) is 4.47. The van der Waals surface area contributed by atoms with Gasteiger partial charge in [-0.1, -0.05) is 12.1 Å².